The third-order valence-electron chi connectivity index (χ3n) is 13.5. The molecule has 0 N–H and O–H groups in total. The highest BCUT2D eigenvalue weighted by molar-refractivity contribution is 6.06. The third-order valence-corrected chi connectivity index (χ3v) is 13.5. The maximum atomic E-state index is 6.51. The predicted molar refractivity (Wildman–Crippen MR) is 231 cm³/mol. The van der Waals surface area contributed by atoms with Crippen molar-refractivity contribution in [1.29, 1.82) is 0 Å². The van der Waals surface area contributed by atoms with E-state index >= 15 is 0 Å². The van der Waals surface area contributed by atoms with Crippen molar-refractivity contribution in [3.63, 3.8) is 0 Å². The van der Waals surface area contributed by atoms with Gasteiger partial charge >= 0.3 is 0 Å². The Balaban J connectivity index is 1.04. The van der Waals surface area contributed by atoms with Crippen LogP contribution in [0.4, 0.5) is 17.1 Å². The Morgan fingerprint density at radius 3 is 1.52 bits per heavy atom. The Morgan fingerprint density at radius 1 is 0.357 bits per heavy atom. The van der Waals surface area contributed by atoms with E-state index in [2.05, 4.69) is 187 Å². The molecule has 9 aromatic rings. The number of nitrogens with zero attached hydrogens (tertiary/aromatic N) is 1. The van der Waals surface area contributed by atoms with E-state index < -0.39 is 0 Å². The Kier molecular flexibility index (Phi) is 6.75. The van der Waals surface area contributed by atoms with Crippen molar-refractivity contribution in [1.82, 2.24) is 0 Å². The van der Waals surface area contributed by atoms with Crippen LogP contribution < -0.4 is 4.90 Å². The van der Waals surface area contributed by atoms with Crippen LogP contribution in [-0.2, 0) is 10.8 Å². The number of rotatable bonds is 4. The van der Waals surface area contributed by atoms with Gasteiger partial charge in [0.05, 0.1) is 5.69 Å². The van der Waals surface area contributed by atoms with E-state index in [1.165, 1.54) is 55.6 Å². The standard InChI is InChI=1S/C54H39NO/c1-2-14-36(15-3-1)39-16-7-12-24-50(39)55(38-27-29-45-44-20-8-13-25-51(44)56-52(45)35-38)37-26-28-43-42-19-6-11-23-48(42)54(49(43)34-37)32-30-53(31-33-54)46-21-9-4-17-40(46)41-18-5-10-22-47(41)53/h1-29,34-35H,30-33H2. The molecule has 0 radical (unpaired) electrons. The van der Waals surface area contributed by atoms with E-state index in [0.717, 1.165) is 64.7 Å². The van der Waals surface area contributed by atoms with Gasteiger partial charge in [-0.05, 0) is 112 Å². The Bertz CT molecular complexity index is 2950. The van der Waals surface area contributed by atoms with Crippen LogP contribution in [-0.4, -0.2) is 0 Å². The van der Waals surface area contributed by atoms with Gasteiger partial charge in [-0.15, -0.1) is 0 Å². The fraction of sp³-hybridized carbons (Fsp3) is 0.111. The number of benzene rings is 8. The molecule has 0 saturated heterocycles. The van der Waals surface area contributed by atoms with Gasteiger partial charge in [0.25, 0.3) is 0 Å². The smallest absolute Gasteiger partial charge is 0.137 e. The largest absolute Gasteiger partial charge is 0.456 e. The van der Waals surface area contributed by atoms with Crippen molar-refractivity contribution in [3.8, 4) is 33.4 Å². The molecule has 266 valence electrons. The van der Waals surface area contributed by atoms with Crippen molar-refractivity contribution in [2.45, 2.75) is 36.5 Å². The lowest BCUT2D eigenvalue weighted by atomic mass is 9.57. The lowest BCUT2D eigenvalue weighted by molar-refractivity contribution is 0.265. The molecule has 0 atom stereocenters. The summed E-state index contributed by atoms with van der Waals surface area (Å²) >= 11 is 0. The van der Waals surface area contributed by atoms with E-state index in [-0.39, 0.29) is 10.8 Å². The molecule has 56 heavy (non-hydrogen) atoms. The van der Waals surface area contributed by atoms with Gasteiger partial charge in [-0.3, -0.25) is 0 Å². The van der Waals surface area contributed by atoms with Gasteiger partial charge < -0.3 is 9.32 Å². The van der Waals surface area contributed by atoms with Crippen LogP contribution in [0.2, 0.25) is 0 Å². The zero-order valence-electron chi connectivity index (χ0n) is 31.1. The molecule has 1 aromatic heterocycles. The third kappa shape index (κ3) is 4.38. The minimum atomic E-state index is -0.0764. The summed E-state index contributed by atoms with van der Waals surface area (Å²) in [6.45, 7) is 0. The minimum absolute atomic E-state index is 0.0381. The van der Waals surface area contributed by atoms with Crippen molar-refractivity contribution in [2.24, 2.45) is 0 Å². The highest BCUT2D eigenvalue weighted by atomic mass is 16.3. The van der Waals surface area contributed by atoms with E-state index in [9.17, 15) is 0 Å². The molecule has 1 heterocycles. The first-order valence-corrected chi connectivity index (χ1v) is 20.0. The molecule has 2 spiro atoms. The normalized spacial score (nSPS) is 15.5. The lowest BCUT2D eigenvalue weighted by Crippen LogP contribution is -2.39. The molecule has 1 fully saturated rings. The summed E-state index contributed by atoms with van der Waals surface area (Å²) in [6, 6.07) is 69.6. The van der Waals surface area contributed by atoms with Gasteiger partial charge in [0.1, 0.15) is 11.2 Å². The van der Waals surface area contributed by atoms with Crippen LogP contribution in [0.5, 0.6) is 0 Å². The summed E-state index contributed by atoms with van der Waals surface area (Å²) < 4.78 is 6.51. The number of para-hydroxylation sites is 2. The molecule has 1 saturated carbocycles. The first-order chi connectivity index (χ1) is 27.7. The number of hydrogen-bond donors (Lipinski definition) is 0. The van der Waals surface area contributed by atoms with Crippen molar-refractivity contribution < 1.29 is 4.42 Å². The molecule has 2 heteroatoms. The summed E-state index contributed by atoms with van der Waals surface area (Å²) in [6.07, 6.45) is 4.41. The molecule has 0 amide bonds. The highest BCUT2D eigenvalue weighted by Gasteiger charge is 2.53. The minimum Gasteiger partial charge on any atom is -0.456 e. The maximum absolute atomic E-state index is 6.51. The lowest BCUT2D eigenvalue weighted by Gasteiger charge is -2.45. The van der Waals surface area contributed by atoms with Gasteiger partial charge in [-0.2, -0.15) is 0 Å². The van der Waals surface area contributed by atoms with Crippen LogP contribution >= 0.6 is 0 Å². The summed E-state index contributed by atoms with van der Waals surface area (Å²) in [5.74, 6) is 0. The Labute approximate surface area is 327 Å². The quantitative estimate of drug-likeness (QED) is 0.180. The number of furan rings is 1. The molecular formula is C54H39NO. The zero-order chi connectivity index (χ0) is 36.8. The SMILES string of the molecule is c1ccc(-c2ccccc2N(c2ccc3c(c2)C2(CCC4(CC2)c2ccccc2-c2ccccc24)c2ccccc2-3)c2ccc3c(c2)oc2ccccc23)cc1. The summed E-state index contributed by atoms with van der Waals surface area (Å²) in [7, 11) is 0. The van der Waals surface area contributed by atoms with Gasteiger partial charge in [0.2, 0.25) is 0 Å². The number of fused-ring (bicyclic) bond motifs is 13. The average molecular weight is 718 g/mol. The monoisotopic (exact) mass is 717 g/mol. The van der Waals surface area contributed by atoms with Crippen LogP contribution in [0.3, 0.4) is 0 Å². The van der Waals surface area contributed by atoms with Gasteiger partial charge in [0.15, 0.2) is 0 Å². The van der Waals surface area contributed by atoms with Crippen molar-refractivity contribution >= 4 is 39.0 Å². The molecule has 3 aliphatic rings. The van der Waals surface area contributed by atoms with Gasteiger partial charge in [0, 0.05) is 44.6 Å². The molecule has 12 rings (SSSR count). The van der Waals surface area contributed by atoms with Gasteiger partial charge in [-0.1, -0.05) is 146 Å². The molecule has 0 bridgehead atoms. The van der Waals surface area contributed by atoms with E-state index in [0.29, 0.717) is 0 Å². The highest BCUT2D eigenvalue weighted by Crippen LogP contribution is 2.64. The summed E-state index contributed by atoms with van der Waals surface area (Å²) in [5.41, 5.74) is 19.1. The molecule has 0 unspecified atom stereocenters. The average Bonchev–Trinajstić information content (AvgIpc) is 3.87. The van der Waals surface area contributed by atoms with E-state index in [1.807, 2.05) is 6.07 Å². The number of hydrogen-bond acceptors (Lipinski definition) is 2. The predicted octanol–water partition coefficient (Wildman–Crippen LogP) is 14.5. The summed E-state index contributed by atoms with van der Waals surface area (Å²) in [5, 5.41) is 2.28. The molecule has 2 nitrogen and oxygen atoms in total. The van der Waals surface area contributed by atoms with Crippen LogP contribution in [0.25, 0.3) is 55.3 Å². The van der Waals surface area contributed by atoms with E-state index in [4.69, 9.17) is 4.42 Å². The van der Waals surface area contributed by atoms with Crippen molar-refractivity contribution in [2.75, 3.05) is 4.90 Å². The second-order valence-electron chi connectivity index (χ2n) is 16.0. The first-order valence-electron chi connectivity index (χ1n) is 20.0. The Morgan fingerprint density at radius 2 is 0.839 bits per heavy atom. The number of anilines is 3. The second kappa shape index (κ2) is 11.9. The molecular weight excluding hydrogens is 679 g/mol. The van der Waals surface area contributed by atoms with E-state index in [1.54, 1.807) is 0 Å². The van der Waals surface area contributed by atoms with Crippen LogP contribution in [0, 0.1) is 0 Å². The van der Waals surface area contributed by atoms with Crippen LogP contribution in [0.15, 0.2) is 192 Å². The molecule has 8 aromatic carbocycles. The van der Waals surface area contributed by atoms with Crippen molar-refractivity contribution in [3.05, 3.63) is 210 Å². The maximum Gasteiger partial charge on any atom is 0.137 e. The Hall–Kier alpha value is -6.64. The fourth-order valence-corrected chi connectivity index (χ4v) is 11.0. The molecule has 0 aliphatic heterocycles. The van der Waals surface area contributed by atoms with Crippen LogP contribution in [0.1, 0.15) is 47.9 Å². The topological polar surface area (TPSA) is 16.4 Å². The molecule has 3 aliphatic carbocycles. The second-order valence-corrected chi connectivity index (χ2v) is 16.0. The zero-order valence-corrected chi connectivity index (χ0v) is 31.1. The fourth-order valence-electron chi connectivity index (χ4n) is 11.0. The van der Waals surface area contributed by atoms with Gasteiger partial charge in [-0.25, -0.2) is 0 Å². The summed E-state index contributed by atoms with van der Waals surface area (Å²) in [4.78, 5) is 2.46. The first kappa shape index (κ1) is 31.7.